The Bertz CT molecular complexity index is 793. The summed E-state index contributed by atoms with van der Waals surface area (Å²) in [6, 6.07) is 7.84. The van der Waals surface area contributed by atoms with Crippen LogP contribution in [0.1, 0.15) is 37.9 Å². The molecule has 3 rings (SSSR count). The van der Waals surface area contributed by atoms with Gasteiger partial charge in [0.05, 0.1) is 24.0 Å². The highest BCUT2D eigenvalue weighted by atomic mass is 16.2. The molecule has 6 heteroatoms. The van der Waals surface area contributed by atoms with E-state index in [1.807, 2.05) is 12.1 Å². The number of nitrogens with zero attached hydrogens (tertiary/aromatic N) is 2. The third kappa shape index (κ3) is 3.48. The zero-order chi connectivity index (χ0) is 17.1. The van der Waals surface area contributed by atoms with Gasteiger partial charge in [0.25, 0.3) is 5.56 Å². The highest BCUT2D eigenvalue weighted by Crippen LogP contribution is 2.15. The van der Waals surface area contributed by atoms with Crippen LogP contribution in [0.4, 0.5) is 0 Å². The van der Waals surface area contributed by atoms with Crippen molar-refractivity contribution in [1.29, 1.82) is 0 Å². The van der Waals surface area contributed by atoms with Crippen molar-refractivity contribution in [3.8, 4) is 0 Å². The number of nitrogens with one attached hydrogen (secondary N) is 1. The fourth-order valence-corrected chi connectivity index (χ4v) is 3.66. The Balaban J connectivity index is 1.98. The number of carbonyl (C=O) groups excluding carboxylic acids is 1. The van der Waals surface area contributed by atoms with Gasteiger partial charge < -0.3 is 10.6 Å². The van der Waals surface area contributed by atoms with Crippen LogP contribution in [0.15, 0.2) is 29.1 Å². The second kappa shape index (κ2) is 7.13. The number of quaternary nitrogens is 1. The molecule has 1 amide bonds. The summed E-state index contributed by atoms with van der Waals surface area (Å²) in [5, 5.41) is 0.526. The normalized spacial score (nSPS) is 17.0. The monoisotopic (exact) mass is 329 g/mol. The fraction of sp³-hybridized carbons (Fsp3) is 0.500. The average Bonchev–Trinajstić information content (AvgIpc) is 2.59. The minimum atomic E-state index is -0.522. The summed E-state index contributed by atoms with van der Waals surface area (Å²) in [4.78, 5) is 30.2. The fourth-order valence-electron chi connectivity index (χ4n) is 3.66. The molecule has 1 aromatic heterocycles. The van der Waals surface area contributed by atoms with Gasteiger partial charge >= 0.3 is 0 Å². The Morgan fingerprint density at radius 1 is 1.29 bits per heavy atom. The average molecular weight is 329 g/mol. The van der Waals surface area contributed by atoms with Crippen molar-refractivity contribution in [1.82, 2.24) is 9.55 Å². The molecule has 1 atom stereocenters. The van der Waals surface area contributed by atoms with Crippen molar-refractivity contribution in [2.45, 2.75) is 51.2 Å². The van der Waals surface area contributed by atoms with Crippen LogP contribution >= 0.6 is 0 Å². The van der Waals surface area contributed by atoms with E-state index < -0.39 is 5.91 Å². The first-order chi connectivity index (χ1) is 11.6. The molecule has 2 aromatic rings. The predicted octanol–water partition coefficient (Wildman–Crippen LogP) is 0.229. The third-order valence-electron chi connectivity index (χ3n) is 4.99. The van der Waals surface area contributed by atoms with Crippen molar-refractivity contribution in [3.05, 3.63) is 40.4 Å². The van der Waals surface area contributed by atoms with Gasteiger partial charge in [-0.05, 0) is 37.8 Å². The molecular formula is C18H25N4O2+. The maximum Gasteiger partial charge on any atom is 0.262 e. The Kier molecular flexibility index (Phi) is 4.94. The molecule has 0 bridgehead atoms. The number of para-hydroxylation sites is 1. The van der Waals surface area contributed by atoms with Crippen molar-refractivity contribution in [2.75, 3.05) is 7.05 Å². The Labute approximate surface area is 141 Å². The second-order valence-corrected chi connectivity index (χ2v) is 6.76. The molecule has 1 saturated carbocycles. The van der Waals surface area contributed by atoms with Gasteiger partial charge in [-0.2, -0.15) is 0 Å². The molecule has 0 aliphatic heterocycles. The number of hydrogen-bond donors (Lipinski definition) is 2. The molecular weight excluding hydrogens is 304 g/mol. The number of rotatable bonds is 5. The van der Waals surface area contributed by atoms with Crippen molar-refractivity contribution >= 4 is 16.8 Å². The SMILES string of the molecule is C[NH+](Cc1nc2ccccc2c(=O)n1CC(N)=O)C1CCCCC1. The Morgan fingerprint density at radius 2 is 2.00 bits per heavy atom. The first-order valence-corrected chi connectivity index (χ1v) is 8.65. The number of amides is 1. The summed E-state index contributed by atoms with van der Waals surface area (Å²) in [5.41, 5.74) is 5.83. The van der Waals surface area contributed by atoms with Crippen LogP contribution in [-0.4, -0.2) is 28.5 Å². The smallest absolute Gasteiger partial charge is 0.262 e. The van der Waals surface area contributed by atoms with Gasteiger partial charge in [-0.3, -0.25) is 14.2 Å². The lowest BCUT2D eigenvalue weighted by Gasteiger charge is -2.28. The Hall–Kier alpha value is -2.21. The quantitative estimate of drug-likeness (QED) is 0.824. The molecule has 0 spiro atoms. The molecule has 1 aliphatic carbocycles. The molecule has 6 nitrogen and oxygen atoms in total. The second-order valence-electron chi connectivity index (χ2n) is 6.76. The number of primary amides is 1. The van der Waals surface area contributed by atoms with Crippen LogP contribution in [0, 0.1) is 0 Å². The lowest BCUT2D eigenvalue weighted by atomic mass is 9.94. The number of fused-ring (bicyclic) bond motifs is 1. The van der Waals surface area contributed by atoms with Gasteiger partial charge in [0, 0.05) is 0 Å². The number of nitrogens with two attached hydrogens (primary N) is 1. The van der Waals surface area contributed by atoms with Crippen LogP contribution in [-0.2, 0) is 17.9 Å². The van der Waals surface area contributed by atoms with E-state index in [-0.39, 0.29) is 12.1 Å². The summed E-state index contributed by atoms with van der Waals surface area (Å²) in [5.74, 6) is 0.117. The van der Waals surface area contributed by atoms with Crippen molar-refractivity contribution in [2.24, 2.45) is 5.73 Å². The van der Waals surface area contributed by atoms with Gasteiger partial charge in [-0.1, -0.05) is 18.6 Å². The lowest BCUT2D eigenvalue weighted by molar-refractivity contribution is -0.921. The summed E-state index contributed by atoms with van der Waals surface area (Å²) in [6.07, 6.45) is 6.26. The van der Waals surface area contributed by atoms with E-state index in [2.05, 4.69) is 12.0 Å². The zero-order valence-corrected chi connectivity index (χ0v) is 14.1. The van der Waals surface area contributed by atoms with Gasteiger partial charge in [-0.15, -0.1) is 0 Å². The van der Waals surface area contributed by atoms with E-state index in [4.69, 9.17) is 5.73 Å². The standard InChI is InChI=1S/C18H24N4O2/c1-21(13-7-3-2-4-8-13)12-17-20-15-10-6-5-9-14(15)18(24)22(17)11-16(19)23/h5-6,9-10,13H,2-4,7-8,11-12H2,1H3,(H2,19,23)/p+1. The van der Waals surface area contributed by atoms with Crippen molar-refractivity contribution < 1.29 is 9.69 Å². The summed E-state index contributed by atoms with van der Waals surface area (Å²) in [6.45, 7) is 0.502. The summed E-state index contributed by atoms with van der Waals surface area (Å²) >= 11 is 0. The minimum absolute atomic E-state index is 0.121. The topological polar surface area (TPSA) is 82.4 Å². The first-order valence-electron chi connectivity index (χ1n) is 8.65. The lowest BCUT2D eigenvalue weighted by Crippen LogP contribution is -3.12. The van der Waals surface area contributed by atoms with Crippen LogP contribution in [0.3, 0.4) is 0 Å². The predicted molar refractivity (Wildman–Crippen MR) is 92.7 cm³/mol. The summed E-state index contributed by atoms with van der Waals surface area (Å²) in [7, 11) is 2.14. The number of hydrogen-bond acceptors (Lipinski definition) is 3. The maximum atomic E-state index is 12.7. The zero-order valence-electron chi connectivity index (χ0n) is 14.1. The van der Waals surface area contributed by atoms with E-state index in [0.29, 0.717) is 29.3 Å². The molecule has 0 radical (unpaired) electrons. The van der Waals surface area contributed by atoms with E-state index >= 15 is 0 Å². The van der Waals surface area contributed by atoms with Gasteiger partial charge in [-0.25, -0.2) is 4.98 Å². The van der Waals surface area contributed by atoms with Crippen molar-refractivity contribution in [3.63, 3.8) is 0 Å². The largest absolute Gasteiger partial charge is 0.368 e. The molecule has 0 saturated heterocycles. The molecule has 1 unspecified atom stereocenters. The molecule has 1 fully saturated rings. The highest BCUT2D eigenvalue weighted by Gasteiger charge is 2.24. The molecule has 1 heterocycles. The number of aromatic nitrogens is 2. The van der Waals surface area contributed by atoms with E-state index in [1.54, 1.807) is 12.1 Å². The van der Waals surface area contributed by atoms with Gasteiger partial charge in [0.2, 0.25) is 5.91 Å². The first kappa shape index (κ1) is 16.6. The maximum absolute atomic E-state index is 12.7. The van der Waals surface area contributed by atoms with Crippen LogP contribution in [0.5, 0.6) is 0 Å². The highest BCUT2D eigenvalue weighted by molar-refractivity contribution is 5.78. The van der Waals surface area contributed by atoms with Gasteiger partial charge in [0.15, 0.2) is 5.82 Å². The molecule has 128 valence electrons. The van der Waals surface area contributed by atoms with E-state index in [1.165, 1.54) is 41.6 Å². The van der Waals surface area contributed by atoms with E-state index in [0.717, 1.165) is 0 Å². The number of carbonyl (C=O) groups is 1. The van der Waals surface area contributed by atoms with Gasteiger partial charge in [0.1, 0.15) is 13.1 Å². The van der Waals surface area contributed by atoms with Crippen LogP contribution < -0.4 is 16.2 Å². The van der Waals surface area contributed by atoms with E-state index in [9.17, 15) is 9.59 Å². The molecule has 24 heavy (non-hydrogen) atoms. The number of benzene rings is 1. The minimum Gasteiger partial charge on any atom is -0.368 e. The molecule has 1 aromatic carbocycles. The van der Waals surface area contributed by atoms with Crippen LogP contribution in [0.2, 0.25) is 0 Å². The third-order valence-corrected chi connectivity index (χ3v) is 4.99. The molecule has 3 N–H and O–H groups in total. The summed E-state index contributed by atoms with van der Waals surface area (Å²) < 4.78 is 1.44. The van der Waals surface area contributed by atoms with Crippen LogP contribution in [0.25, 0.3) is 10.9 Å². The Morgan fingerprint density at radius 3 is 2.71 bits per heavy atom. The molecule has 1 aliphatic rings.